The second-order valence-electron chi connectivity index (χ2n) is 4.02. The molecule has 0 aromatic rings. The highest BCUT2D eigenvalue weighted by molar-refractivity contribution is 8.01. The van der Waals surface area contributed by atoms with Crippen molar-refractivity contribution in [3.63, 3.8) is 0 Å². The quantitative estimate of drug-likeness (QED) is 0.360. The number of rotatable bonds is 13. The fourth-order valence-electron chi connectivity index (χ4n) is 1.06. The average molecular weight is 365 g/mol. The monoisotopic (exact) mass is 364 g/mol. The van der Waals surface area contributed by atoms with Gasteiger partial charge in [-0.05, 0) is 0 Å². The third-order valence-electron chi connectivity index (χ3n) is 2.50. The Morgan fingerprint density at radius 1 is 0.800 bits per heavy atom. The van der Waals surface area contributed by atoms with Gasteiger partial charge in [0.1, 0.15) is 0 Å². The first-order chi connectivity index (χ1) is 9.33. The zero-order chi connectivity index (χ0) is 15.5. The lowest BCUT2D eigenvalue weighted by Crippen LogP contribution is -2.12. The molecule has 0 aliphatic rings. The minimum Gasteiger partial charge on any atom is -0.370 e. The van der Waals surface area contributed by atoms with Gasteiger partial charge in [-0.25, -0.2) is 16.8 Å². The van der Waals surface area contributed by atoms with Gasteiger partial charge in [-0.1, -0.05) is 13.8 Å². The highest BCUT2D eigenvalue weighted by atomic mass is 32.2. The van der Waals surface area contributed by atoms with Crippen LogP contribution in [-0.4, -0.2) is 69.7 Å². The Balaban J connectivity index is 3.34. The maximum atomic E-state index is 11.2. The van der Waals surface area contributed by atoms with Crippen LogP contribution in [0.4, 0.5) is 0 Å². The van der Waals surface area contributed by atoms with Crippen LogP contribution in [0.1, 0.15) is 13.8 Å². The van der Waals surface area contributed by atoms with Crippen molar-refractivity contribution in [2.75, 3.05) is 52.8 Å². The van der Waals surface area contributed by atoms with Crippen LogP contribution in [0.15, 0.2) is 0 Å². The van der Waals surface area contributed by atoms with Crippen LogP contribution < -0.4 is 0 Å². The molecule has 0 atom stereocenters. The lowest BCUT2D eigenvalue weighted by atomic mass is 10.9. The van der Waals surface area contributed by atoms with Crippen LogP contribution in [0.3, 0.4) is 0 Å². The normalized spacial score (nSPS) is 12.7. The minimum atomic E-state index is -2.88. The Labute approximate surface area is 131 Å². The molecule has 0 aromatic carbocycles. The maximum Gasteiger partial charge on any atom is 0.150 e. The van der Waals surface area contributed by atoms with E-state index >= 15 is 0 Å². The van der Waals surface area contributed by atoms with E-state index in [0.717, 1.165) is 5.75 Å². The first kappa shape index (κ1) is 20.6. The first-order valence-corrected chi connectivity index (χ1v) is 12.4. The molecular formula is C11H24O5S4. The van der Waals surface area contributed by atoms with Gasteiger partial charge in [0.2, 0.25) is 0 Å². The molecule has 0 saturated carbocycles. The highest BCUT2D eigenvalue weighted by Gasteiger charge is 2.07. The van der Waals surface area contributed by atoms with E-state index < -0.39 is 19.7 Å². The lowest BCUT2D eigenvalue weighted by molar-refractivity contribution is 0.202. The van der Waals surface area contributed by atoms with Gasteiger partial charge in [0.05, 0.1) is 24.1 Å². The Kier molecular flexibility index (Phi) is 11.5. The number of sulfone groups is 2. The molecule has 0 rings (SSSR count). The second-order valence-corrected chi connectivity index (χ2v) is 11.2. The predicted octanol–water partition coefficient (Wildman–Crippen LogP) is 1.30. The van der Waals surface area contributed by atoms with Crippen LogP contribution in [0.2, 0.25) is 0 Å². The van der Waals surface area contributed by atoms with E-state index in [1.165, 1.54) is 11.8 Å². The zero-order valence-corrected chi connectivity index (χ0v) is 15.3. The SMILES string of the molecule is CCS(=O)(=O)CCSCCOCSCCS(=O)(=O)CC. The van der Waals surface area contributed by atoms with E-state index in [9.17, 15) is 16.8 Å². The smallest absolute Gasteiger partial charge is 0.150 e. The molecule has 0 N–H and O–H groups in total. The molecule has 0 aromatic heterocycles. The van der Waals surface area contributed by atoms with E-state index in [2.05, 4.69) is 0 Å². The molecule has 0 heterocycles. The zero-order valence-electron chi connectivity index (χ0n) is 12.0. The van der Waals surface area contributed by atoms with Crippen LogP contribution >= 0.6 is 23.5 Å². The molecule has 0 unspecified atom stereocenters. The lowest BCUT2D eigenvalue weighted by Gasteiger charge is -2.05. The summed E-state index contributed by atoms with van der Waals surface area (Å²) in [5.41, 5.74) is 0. The number of hydrogen-bond acceptors (Lipinski definition) is 7. The van der Waals surface area contributed by atoms with Crippen LogP contribution in [0.5, 0.6) is 0 Å². The summed E-state index contributed by atoms with van der Waals surface area (Å²) in [6, 6.07) is 0. The summed E-state index contributed by atoms with van der Waals surface area (Å²) in [4.78, 5) is 0. The van der Waals surface area contributed by atoms with Crippen LogP contribution in [0.25, 0.3) is 0 Å². The Bertz CT molecular complexity index is 388. The number of thioether (sulfide) groups is 2. The van der Waals surface area contributed by atoms with Crippen molar-refractivity contribution in [1.29, 1.82) is 0 Å². The summed E-state index contributed by atoms with van der Waals surface area (Å²) in [6.45, 7) is 3.86. The molecule has 0 aliphatic carbocycles. The summed E-state index contributed by atoms with van der Waals surface area (Å²) in [7, 11) is -5.74. The Morgan fingerprint density at radius 2 is 1.30 bits per heavy atom. The van der Waals surface area contributed by atoms with Crippen molar-refractivity contribution in [2.24, 2.45) is 0 Å². The van der Waals surface area contributed by atoms with E-state index in [-0.39, 0.29) is 23.0 Å². The molecule has 9 heteroatoms. The van der Waals surface area contributed by atoms with Crippen LogP contribution in [0, 0.1) is 0 Å². The number of hydrogen-bond donors (Lipinski definition) is 0. The Morgan fingerprint density at radius 3 is 1.80 bits per heavy atom. The van der Waals surface area contributed by atoms with Gasteiger partial charge in [-0.15, -0.1) is 11.8 Å². The Hall–Kier alpha value is 0.560. The highest BCUT2D eigenvalue weighted by Crippen LogP contribution is 2.06. The van der Waals surface area contributed by atoms with Crippen molar-refractivity contribution in [2.45, 2.75) is 13.8 Å². The average Bonchev–Trinajstić information content (AvgIpc) is 2.41. The fourth-order valence-corrected chi connectivity index (χ4v) is 5.40. The van der Waals surface area contributed by atoms with E-state index in [4.69, 9.17) is 4.74 Å². The molecule has 0 saturated heterocycles. The maximum absolute atomic E-state index is 11.2. The molecule has 0 radical (unpaired) electrons. The second kappa shape index (κ2) is 11.2. The van der Waals surface area contributed by atoms with Crippen LogP contribution in [-0.2, 0) is 24.4 Å². The molecule has 5 nitrogen and oxygen atoms in total. The predicted molar refractivity (Wildman–Crippen MR) is 89.3 cm³/mol. The van der Waals surface area contributed by atoms with Gasteiger partial charge in [0.25, 0.3) is 0 Å². The van der Waals surface area contributed by atoms with Gasteiger partial charge < -0.3 is 4.74 Å². The van der Waals surface area contributed by atoms with Crippen molar-refractivity contribution in [1.82, 2.24) is 0 Å². The third-order valence-corrected chi connectivity index (χ3v) is 8.20. The summed E-state index contributed by atoms with van der Waals surface area (Å²) in [6.07, 6.45) is 0. The minimum absolute atomic E-state index is 0.186. The van der Waals surface area contributed by atoms with Crippen molar-refractivity contribution in [3.05, 3.63) is 0 Å². The fraction of sp³-hybridized carbons (Fsp3) is 1.00. The van der Waals surface area contributed by atoms with Crippen molar-refractivity contribution in [3.8, 4) is 0 Å². The number of ether oxygens (including phenoxy) is 1. The summed E-state index contributed by atoms with van der Waals surface area (Å²) in [5, 5.41) is 0. The molecule has 122 valence electrons. The third kappa shape index (κ3) is 12.3. The van der Waals surface area contributed by atoms with Gasteiger partial charge in [-0.2, -0.15) is 11.8 Å². The van der Waals surface area contributed by atoms with Gasteiger partial charge in [0.15, 0.2) is 19.7 Å². The topological polar surface area (TPSA) is 77.5 Å². The summed E-state index contributed by atoms with van der Waals surface area (Å²) in [5.74, 6) is 3.19. The van der Waals surface area contributed by atoms with Gasteiger partial charge in [-0.3, -0.25) is 0 Å². The summed E-state index contributed by atoms with van der Waals surface area (Å²) >= 11 is 3.02. The molecule has 20 heavy (non-hydrogen) atoms. The largest absolute Gasteiger partial charge is 0.370 e. The molecule has 0 spiro atoms. The molecule has 0 bridgehead atoms. The van der Waals surface area contributed by atoms with Crippen molar-refractivity contribution >= 4 is 43.2 Å². The van der Waals surface area contributed by atoms with E-state index in [0.29, 0.717) is 24.1 Å². The summed E-state index contributed by atoms with van der Waals surface area (Å²) < 4.78 is 50.2. The molecule has 0 amide bonds. The molecule has 0 fully saturated rings. The van der Waals surface area contributed by atoms with E-state index in [1.54, 1.807) is 25.6 Å². The van der Waals surface area contributed by atoms with Crippen molar-refractivity contribution < 1.29 is 21.6 Å². The molecule has 0 aliphatic heterocycles. The standard InChI is InChI=1S/C11H24O5S4/c1-3-19(12,13)9-7-17-6-5-16-11-18-8-10-20(14,15)4-2/h3-11H2,1-2H3. The van der Waals surface area contributed by atoms with E-state index in [1.807, 2.05) is 0 Å². The van der Waals surface area contributed by atoms with Gasteiger partial charge in [0, 0.05) is 28.8 Å². The van der Waals surface area contributed by atoms with Gasteiger partial charge >= 0.3 is 0 Å². The molecular weight excluding hydrogens is 340 g/mol. The first-order valence-electron chi connectivity index (χ1n) is 6.47.